The Balaban J connectivity index is 1.42. The van der Waals surface area contributed by atoms with Crippen LogP contribution >= 0.6 is 0 Å². The largest absolute Gasteiger partial charge is 0.480 e. The number of aliphatic hydroxyl groups excluding tert-OH is 1. The summed E-state index contributed by atoms with van der Waals surface area (Å²) in [5.74, 6) is -1.54. The van der Waals surface area contributed by atoms with E-state index in [1.807, 2.05) is 38.1 Å². The number of hydrogen-bond acceptors (Lipinski definition) is 5. The van der Waals surface area contributed by atoms with Crippen molar-refractivity contribution in [1.82, 2.24) is 10.6 Å². The van der Waals surface area contributed by atoms with Crippen molar-refractivity contribution in [1.29, 1.82) is 0 Å². The molecule has 0 spiro atoms. The summed E-state index contributed by atoms with van der Waals surface area (Å²) in [5.41, 5.74) is 4.42. The maximum atomic E-state index is 12.3. The minimum Gasteiger partial charge on any atom is -0.480 e. The van der Waals surface area contributed by atoms with Crippen molar-refractivity contribution >= 4 is 18.0 Å². The molecule has 0 radical (unpaired) electrons. The molecule has 1 aliphatic carbocycles. The van der Waals surface area contributed by atoms with Gasteiger partial charge in [-0.15, -0.1) is 0 Å². The summed E-state index contributed by atoms with van der Waals surface area (Å²) in [6.45, 7) is 4.31. The van der Waals surface area contributed by atoms with Crippen LogP contribution in [0.25, 0.3) is 11.1 Å². The Morgan fingerprint density at radius 1 is 1.00 bits per heavy atom. The summed E-state index contributed by atoms with van der Waals surface area (Å²) in [7, 11) is 0. The van der Waals surface area contributed by atoms with E-state index < -0.39 is 18.1 Å². The predicted molar refractivity (Wildman–Crippen MR) is 132 cm³/mol. The van der Waals surface area contributed by atoms with Gasteiger partial charge in [-0.1, -0.05) is 62.4 Å². The second-order valence-electron chi connectivity index (χ2n) is 9.64. The molecule has 4 N–H and O–H groups in total. The molecule has 0 bridgehead atoms. The van der Waals surface area contributed by atoms with Crippen molar-refractivity contribution in [3.05, 3.63) is 59.7 Å². The van der Waals surface area contributed by atoms with Crippen LogP contribution in [0.4, 0.5) is 4.79 Å². The van der Waals surface area contributed by atoms with Crippen molar-refractivity contribution in [2.45, 2.75) is 51.5 Å². The standard InChI is InChI=1S/C27H34N2O6/c1-27(2,13-11-24(31)29-23(12-16-30)25(32)33)14-15-28-26(34)35-17-22-20-9-5-3-7-18(20)19-8-4-6-10-21(19)22/h3-10,22-23,30H,11-17H2,1-2H3,(H,28,34)(H,29,31)(H,32,33)/t23-/m0/s1. The fourth-order valence-corrected chi connectivity index (χ4v) is 4.38. The van der Waals surface area contributed by atoms with Gasteiger partial charge in [0.1, 0.15) is 12.6 Å². The average molecular weight is 483 g/mol. The van der Waals surface area contributed by atoms with Gasteiger partial charge in [0.25, 0.3) is 0 Å². The second kappa shape index (κ2) is 11.8. The number of nitrogens with one attached hydrogen (secondary N) is 2. The number of ether oxygens (including phenoxy) is 1. The summed E-state index contributed by atoms with van der Waals surface area (Å²) in [6, 6.07) is 15.2. The maximum absolute atomic E-state index is 12.3. The molecule has 0 heterocycles. The minimum absolute atomic E-state index is 0.00330. The Hall–Kier alpha value is -3.39. The third kappa shape index (κ3) is 7.05. The molecule has 3 rings (SSSR count). The van der Waals surface area contributed by atoms with Crippen molar-refractivity contribution in [3.63, 3.8) is 0 Å². The Kier molecular flexibility index (Phi) is 8.87. The number of carboxylic acids is 1. The summed E-state index contributed by atoms with van der Waals surface area (Å²) in [5, 5.41) is 23.2. The van der Waals surface area contributed by atoms with Gasteiger partial charge in [-0.2, -0.15) is 0 Å². The van der Waals surface area contributed by atoms with Gasteiger partial charge >= 0.3 is 12.1 Å². The van der Waals surface area contributed by atoms with Crippen molar-refractivity contribution in [2.24, 2.45) is 5.41 Å². The minimum atomic E-state index is -1.17. The molecule has 8 heteroatoms. The maximum Gasteiger partial charge on any atom is 0.407 e. The van der Waals surface area contributed by atoms with Gasteiger partial charge in [0.15, 0.2) is 0 Å². The Bertz CT molecular complexity index is 1010. The summed E-state index contributed by atoms with van der Waals surface area (Å²) in [6.07, 6.45) is 0.802. The number of carboxylic acid groups (broad SMARTS) is 1. The number of amides is 2. The first kappa shape index (κ1) is 26.2. The van der Waals surface area contributed by atoms with Gasteiger partial charge in [0.05, 0.1) is 0 Å². The highest BCUT2D eigenvalue weighted by molar-refractivity contribution is 5.83. The highest BCUT2D eigenvalue weighted by atomic mass is 16.5. The van der Waals surface area contributed by atoms with Crippen LogP contribution in [-0.4, -0.2) is 54.0 Å². The first-order valence-electron chi connectivity index (χ1n) is 11.9. The lowest BCUT2D eigenvalue weighted by atomic mass is 9.84. The number of carbonyl (C=O) groups excluding carboxylic acids is 2. The SMILES string of the molecule is CC(C)(CCNC(=O)OCC1c2ccccc2-c2ccccc21)CCC(=O)N[C@@H](CCO)C(=O)O. The van der Waals surface area contributed by atoms with Crippen LogP contribution in [0.15, 0.2) is 48.5 Å². The van der Waals surface area contributed by atoms with Gasteiger partial charge in [0, 0.05) is 31.9 Å². The molecule has 2 aromatic rings. The summed E-state index contributed by atoms with van der Waals surface area (Å²) >= 11 is 0. The molecule has 2 amide bonds. The molecule has 1 atom stereocenters. The fourth-order valence-electron chi connectivity index (χ4n) is 4.38. The van der Waals surface area contributed by atoms with Crippen molar-refractivity contribution < 1.29 is 29.3 Å². The van der Waals surface area contributed by atoms with Gasteiger partial charge in [-0.05, 0) is 40.5 Å². The molecule has 2 aromatic carbocycles. The third-order valence-corrected chi connectivity index (χ3v) is 6.49. The first-order chi connectivity index (χ1) is 16.7. The van der Waals surface area contributed by atoms with Crippen LogP contribution in [0.3, 0.4) is 0 Å². The lowest BCUT2D eigenvalue weighted by Crippen LogP contribution is -2.41. The third-order valence-electron chi connectivity index (χ3n) is 6.49. The van der Waals surface area contributed by atoms with Crippen LogP contribution < -0.4 is 10.6 Å². The van der Waals surface area contributed by atoms with Crippen LogP contribution in [0.5, 0.6) is 0 Å². The normalized spacial score (nSPS) is 13.5. The van der Waals surface area contributed by atoms with Crippen LogP contribution in [0.1, 0.15) is 56.6 Å². The Morgan fingerprint density at radius 3 is 2.17 bits per heavy atom. The zero-order chi connectivity index (χ0) is 25.4. The molecule has 8 nitrogen and oxygen atoms in total. The smallest absolute Gasteiger partial charge is 0.407 e. The lowest BCUT2D eigenvalue weighted by Gasteiger charge is -2.25. The van der Waals surface area contributed by atoms with E-state index in [-0.39, 0.29) is 43.3 Å². The van der Waals surface area contributed by atoms with Crippen LogP contribution in [0, 0.1) is 5.41 Å². The molecule has 1 aliphatic rings. The van der Waals surface area contributed by atoms with E-state index in [4.69, 9.17) is 14.9 Å². The molecule has 188 valence electrons. The van der Waals surface area contributed by atoms with Crippen LogP contribution in [-0.2, 0) is 14.3 Å². The molecule has 0 saturated heterocycles. The highest BCUT2D eigenvalue weighted by Gasteiger charge is 2.29. The number of hydrogen-bond donors (Lipinski definition) is 4. The number of aliphatic carboxylic acids is 1. The second-order valence-corrected chi connectivity index (χ2v) is 9.64. The molecular weight excluding hydrogens is 448 g/mol. The number of fused-ring (bicyclic) bond motifs is 3. The van der Waals surface area contributed by atoms with Crippen molar-refractivity contribution in [3.8, 4) is 11.1 Å². The van der Waals surface area contributed by atoms with Crippen LogP contribution in [0.2, 0.25) is 0 Å². The van der Waals surface area contributed by atoms with Gasteiger partial charge in [0.2, 0.25) is 5.91 Å². The molecule has 0 unspecified atom stereocenters. The van der Waals surface area contributed by atoms with E-state index in [1.54, 1.807) is 0 Å². The zero-order valence-electron chi connectivity index (χ0n) is 20.3. The number of carbonyl (C=O) groups is 3. The Morgan fingerprint density at radius 2 is 1.60 bits per heavy atom. The first-order valence-corrected chi connectivity index (χ1v) is 11.9. The molecule has 0 saturated carbocycles. The number of aliphatic hydroxyl groups is 1. The number of alkyl carbamates (subject to hydrolysis) is 1. The zero-order valence-corrected chi connectivity index (χ0v) is 20.3. The topological polar surface area (TPSA) is 125 Å². The predicted octanol–water partition coefficient (Wildman–Crippen LogP) is 3.67. The fraction of sp³-hybridized carbons (Fsp3) is 0.444. The number of benzene rings is 2. The quantitative estimate of drug-likeness (QED) is 0.366. The lowest BCUT2D eigenvalue weighted by molar-refractivity contribution is -0.142. The molecular formula is C27H34N2O6. The van der Waals surface area contributed by atoms with Crippen molar-refractivity contribution in [2.75, 3.05) is 19.8 Å². The van der Waals surface area contributed by atoms with Gasteiger partial charge in [-0.3, -0.25) is 4.79 Å². The molecule has 0 aromatic heterocycles. The molecule has 35 heavy (non-hydrogen) atoms. The summed E-state index contributed by atoms with van der Waals surface area (Å²) in [4.78, 5) is 35.6. The van der Waals surface area contributed by atoms with E-state index in [2.05, 4.69) is 34.9 Å². The van der Waals surface area contributed by atoms with Gasteiger partial charge < -0.3 is 25.6 Å². The Labute approximate surface area is 205 Å². The van der Waals surface area contributed by atoms with Gasteiger partial charge in [-0.25, -0.2) is 9.59 Å². The number of rotatable bonds is 12. The van der Waals surface area contributed by atoms with E-state index >= 15 is 0 Å². The molecule has 0 fully saturated rings. The highest BCUT2D eigenvalue weighted by Crippen LogP contribution is 2.44. The van der Waals surface area contributed by atoms with E-state index in [0.29, 0.717) is 19.4 Å². The summed E-state index contributed by atoms with van der Waals surface area (Å²) < 4.78 is 5.55. The van der Waals surface area contributed by atoms with E-state index in [0.717, 1.165) is 11.1 Å². The molecule has 0 aliphatic heterocycles. The van der Waals surface area contributed by atoms with E-state index in [1.165, 1.54) is 11.1 Å². The van der Waals surface area contributed by atoms with E-state index in [9.17, 15) is 14.4 Å². The average Bonchev–Trinajstić information content (AvgIpc) is 3.15. The monoisotopic (exact) mass is 482 g/mol.